The first-order chi connectivity index (χ1) is 5.49. The zero-order valence-corrected chi connectivity index (χ0v) is 7.05. The highest BCUT2D eigenvalue weighted by Crippen LogP contribution is 1.93. The Hall–Kier alpha value is -1.58. The van der Waals surface area contributed by atoms with Crippen LogP contribution >= 0.6 is 0 Å². The predicted molar refractivity (Wildman–Crippen MR) is 44.3 cm³/mol. The number of amides is 1. The average Bonchev–Trinajstić information content (AvgIpc) is 1.98. The molecule has 0 aromatic carbocycles. The van der Waals surface area contributed by atoms with E-state index in [-0.39, 0.29) is 11.3 Å². The van der Waals surface area contributed by atoms with Crippen LogP contribution in [-0.4, -0.2) is 17.0 Å². The van der Waals surface area contributed by atoms with E-state index in [1.54, 1.807) is 0 Å². The van der Waals surface area contributed by atoms with Gasteiger partial charge in [-0.1, -0.05) is 12.7 Å². The van der Waals surface area contributed by atoms with Gasteiger partial charge in [0.1, 0.15) is 5.70 Å². The molecule has 0 aliphatic rings. The summed E-state index contributed by atoms with van der Waals surface area (Å²) in [5, 5.41) is 10.7. The molecule has 0 aliphatic carbocycles. The molecule has 0 rings (SSSR count). The lowest BCUT2D eigenvalue weighted by molar-refractivity contribution is -0.134. The number of allylic oxidation sites excluding steroid dienone is 1. The molecule has 4 heteroatoms. The molecule has 0 fully saturated rings. The van der Waals surface area contributed by atoms with E-state index >= 15 is 0 Å². The number of carboxylic acid groups (broad SMARTS) is 1. The molecule has 0 saturated carbocycles. The fourth-order valence-corrected chi connectivity index (χ4v) is 0.478. The monoisotopic (exact) mass is 169 g/mol. The lowest BCUT2D eigenvalue weighted by Crippen LogP contribution is -2.27. The van der Waals surface area contributed by atoms with Gasteiger partial charge in [-0.15, -0.1) is 0 Å². The van der Waals surface area contributed by atoms with E-state index in [1.165, 1.54) is 19.9 Å². The first-order valence-electron chi connectivity index (χ1n) is 3.35. The van der Waals surface area contributed by atoms with Crippen LogP contribution in [0.3, 0.4) is 0 Å². The Morgan fingerprint density at radius 2 is 2.00 bits per heavy atom. The molecule has 0 unspecified atom stereocenters. The molecule has 1 amide bonds. The summed E-state index contributed by atoms with van der Waals surface area (Å²) in [6, 6.07) is 0. The molecule has 0 heterocycles. The van der Waals surface area contributed by atoms with E-state index in [0.29, 0.717) is 0 Å². The first kappa shape index (κ1) is 10.4. The van der Waals surface area contributed by atoms with Crippen molar-refractivity contribution in [1.82, 2.24) is 5.32 Å². The van der Waals surface area contributed by atoms with Crippen LogP contribution in [0.4, 0.5) is 0 Å². The minimum Gasteiger partial charge on any atom is -0.477 e. The minimum atomic E-state index is -1.16. The minimum absolute atomic E-state index is 0.136. The molecule has 66 valence electrons. The molecule has 0 bridgehead atoms. The molecule has 0 aromatic rings. The van der Waals surface area contributed by atoms with Gasteiger partial charge in [-0.2, -0.15) is 0 Å². The number of aliphatic carboxylic acids is 1. The largest absolute Gasteiger partial charge is 0.477 e. The Balaban J connectivity index is 4.34. The number of carbonyl (C=O) groups excluding carboxylic acids is 1. The normalized spacial score (nSPS) is 10.7. The number of rotatable bonds is 3. The lowest BCUT2D eigenvalue weighted by atomic mass is 10.3. The van der Waals surface area contributed by atoms with Crippen molar-refractivity contribution in [2.75, 3.05) is 0 Å². The van der Waals surface area contributed by atoms with Gasteiger partial charge < -0.3 is 10.4 Å². The van der Waals surface area contributed by atoms with E-state index < -0.39 is 11.9 Å². The van der Waals surface area contributed by atoms with E-state index in [4.69, 9.17) is 5.11 Å². The van der Waals surface area contributed by atoms with Crippen molar-refractivity contribution in [3.05, 3.63) is 23.9 Å². The summed E-state index contributed by atoms with van der Waals surface area (Å²) in [7, 11) is 0. The lowest BCUT2D eigenvalue weighted by Gasteiger charge is -2.03. The molecule has 0 spiro atoms. The predicted octanol–water partition coefficient (Wildman–Crippen LogP) is 0.667. The highest BCUT2D eigenvalue weighted by Gasteiger charge is 2.09. The topological polar surface area (TPSA) is 66.4 Å². The van der Waals surface area contributed by atoms with Gasteiger partial charge >= 0.3 is 5.97 Å². The second-order valence-corrected chi connectivity index (χ2v) is 2.24. The van der Waals surface area contributed by atoms with Crippen molar-refractivity contribution in [2.24, 2.45) is 0 Å². The molecule has 2 N–H and O–H groups in total. The maximum atomic E-state index is 10.9. The zero-order valence-electron chi connectivity index (χ0n) is 7.05. The van der Waals surface area contributed by atoms with Gasteiger partial charge in [-0.25, -0.2) is 4.79 Å². The summed E-state index contributed by atoms with van der Waals surface area (Å²) in [4.78, 5) is 21.3. The number of hydrogen-bond donors (Lipinski definition) is 2. The fourth-order valence-electron chi connectivity index (χ4n) is 0.478. The van der Waals surface area contributed by atoms with Crippen molar-refractivity contribution < 1.29 is 14.7 Å². The average molecular weight is 169 g/mol. The quantitative estimate of drug-likeness (QED) is 0.610. The summed E-state index contributed by atoms with van der Waals surface area (Å²) in [5.74, 6) is -1.64. The van der Waals surface area contributed by atoms with Crippen LogP contribution in [-0.2, 0) is 9.59 Å². The molecular formula is C8H11NO3. The SMILES string of the molecule is C=C(C)C(=O)N/C(=C\C)C(=O)O. The van der Waals surface area contributed by atoms with E-state index in [9.17, 15) is 9.59 Å². The van der Waals surface area contributed by atoms with Crippen LogP contribution in [0.2, 0.25) is 0 Å². The fraction of sp³-hybridized carbons (Fsp3) is 0.250. The molecular weight excluding hydrogens is 158 g/mol. The Bertz CT molecular complexity index is 253. The molecule has 4 nitrogen and oxygen atoms in total. The number of carboxylic acids is 1. The summed E-state index contributed by atoms with van der Waals surface area (Å²) >= 11 is 0. The second kappa shape index (κ2) is 4.33. The van der Waals surface area contributed by atoms with Crippen molar-refractivity contribution in [3.8, 4) is 0 Å². The molecule has 0 radical (unpaired) electrons. The van der Waals surface area contributed by atoms with Crippen molar-refractivity contribution in [3.63, 3.8) is 0 Å². The van der Waals surface area contributed by atoms with E-state index in [2.05, 4.69) is 11.9 Å². The third-order valence-electron chi connectivity index (χ3n) is 1.15. The summed E-state index contributed by atoms with van der Waals surface area (Å²) in [6.07, 6.45) is 1.31. The molecule has 0 saturated heterocycles. The van der Waals surface area contributed by atoms with Gasteiger partial charge in [0.2, 0.25) is 0 Å². The first-order valence-corrected chi connectivity index (χ1v) is 3.35. The highest BCUT2D eigenvalue weighted by atomic mass is 16.4. The van der Waals surface area contributed by atoms with Crippen molar-refractivity contribution >= 4 is 11.9 Å². The Morgan fingerprint density at radius 3 is 2.25 bits per heavy atom. The van der Waals surface area contributed by atoms with Crippen LogP contribution < -0.4 is 5.32 Å². The maximum absolute atomic E-state index is 10.9. The molecule has 12 heavy (non-hydrogen) atoms. The van der Waals surface area contributed by atoms with Crippen LogP contribution in [0, 0.1) is 0 Å². The Morgan fingerprint density at radius 1 is 1.50 bits per heavy atom. The number of hydrogen-bond acceptors (Lipinski definition) is 2. The zero-order chi connectivity index (χ0) is 9.72. The summed E-state index contributed by atoms with van der Waals surface area (Å²) in [5.41, 5.74) is 0.138. The standard InChI is InChI=1S/C8H11NO3/c1-4-6(8(11)12)9-7(10)5(2)3/h4H,2H2,1,3H3,(H,9,10)(H,11,12)/b6-4-. The van der Waals surface area contributed by atoms with Crippen molar-refractivity contribution in [2.45, 2.75) is 13.8 Å². The van der Waals surface area contributed by atoms with Crippen LogP contribution in [0.1, 0.15) is 13.8 Å². The Labute approximate surface area is 70.6 Å². The van der Waals surface area contributed by atoms with Gasteiger partial charge in [0.05, 0.1) is 0 Å². The van der Waals surface area contributed by atoms with Gasteiger partial charge in [-0.3, -0.25) is 4.79 Å². The molecule has 0 atom stereocenters. The van der Waals surface area contributed by atoms with E-state index in [1.807, 2.05) is 0 Å². The molecule has 0 aliphatic heterocycles. The molecule has 0 aromatic heterocycles. The number of carbonyl (C=O) groups is 2. The van der Waals surface area contributed by atoms with Gasteiger partial charge in [0, 0.05) is 5.57 Å². The van der Waals surface area contributed by atoms with Gasteiger partial charge in [-0.05, 0) is 13.8 Å². The van der Waals surface area contributed by atoms with Crippen LogP contribution in [0.25, 0.3) is 0 Å². The smallest absolute Gasteiger partial charge is 0.352 e. The third-order valence-corrected chi connectivity index (χ3v) is 1.15. The maximum Gasteiger partial charge on any atom is 0.352 e. The van der Waals surface area contributed by atoms with Crippen molar-refractivity contribution in [1.29, 1.82) is 0 Å². The van der Waals surface area contributed by atoms with E-state index in [0.717, 1.165) is 0 Å². The summed E-state index contributed by atoms with van der Waals surface area (Å²) < 4.78 is 0. The number of nitrogens with one attached hydrogen (secondary N) is 1. The third kappa shape index (κ3) is 3.01. The van der Waals surface area contributed by atoms with Gasteiger partial charge in [0.25, 0.3) is 5.91 Å². The second-order valence-electron chi connectivity index (χ2n) is 2.24. The van der Waals surface area contributed by atoms with Gasteiger partial charge in [0.15, 0.2) is 0 Å². The highest BCUT2D eigenvalue weighted by molar-refractivity contribution is 5.99. The van der Waals surface area contributed by atoms with Crippen LogP contribution in [0.5, 0.6) is 0 Å². The van der Waals surface area contributed by atoms with Crippen LogP contribution in [0.15, 0.2) is 23.9 Å². The Kier molecular flexibility index (Phi) is 3.76. The summed E-state index contributed by atoms with van der Waals surface area (Å²) in [6.45, 7) is 6.40.